The first kappa shape index (κ1) is 13.8. The van der Waals surface area contributed by atoms with Crippen molar-refractivity contribution in [2.45, 2.75) is 33.1 Å². The number of carboxylic acid groups (broad SMARTS) is 1. The Kier molecular flexibility index (Phi) is 4.24. The summed E-state index contributed by atoms with van der Waals surface area (Å²) < 4.78 is 0. The molecule has 2 aliphatic rings. The fraction of sp³-hybridized carbons (Fsp3) is 0.917. The molecule has 0 bridgehead atoms. The van der Waals surface area contributed by atoms with Gasteiger partial charge in [-0.25, -0.2) is 0 Å². The SMILES string of the molecule is CC1(C)C2CN(CCCCC(=O)O)CC21.Cl. The second-order valence-corrected chi connectivity index (χ2v) is 5.64. The number of carbonyl (C=O) groups is 1. The van der Waals surface area contributed by atoms with Crippen LogP contribution in [0.5, 0.6) is 0 Å². The van der Waals surface area contributed by atoms with Crippen LogP contribution in [-0.2, 0) is 4.79 Å². The minimum absolute atomic E-state index is 0. The van der Waals surface area contributed by atoms with E-state index in [0.717, 1.165) is 31.2 Å². The van der Waals surface area contributed by atoms with E-state index in [2.05, 4.69) is 18.7 Å². The van der Waals surface area contributed by atoms with Gasteiger partial charge >= 0.3 is 5.97 Å². The minimum atomic E-state index is -0.666. The highest BCUT2D eigenvalue weighted by Gasteiger charge is 2.61. The number of carboxylic acids is 1. The van der Waals surface area contributed by atoms with E-state index in [1.165, 1.54) is 13.1 Å². The summed E-state index contributed by atoms with van der Waals surface area (Å²) in [5, 5.41) is 8.51. The molecule has 1 saturated carbocycles. The lowest BCUT2D eigenvalue weighted by molar-refractivity contribution is -0.137. The van der Waals surface area contributed by atoms with Crippen molar-refractivity contribution in [3.05, 3.63) is 0 Å². The number of hydrogen-bond acceptors (Lipinski definition) is 2. The summed E-state index contributed by atoms with van der Waals surface area (Å²) in [7, 11) is 0. The number of rotatable bonds is 5. The van der Waals surface area contributed by atoms with Crippen molar-refractivity contribution in [3.63, 3.8) is 0 Å². The van der Waals surface area contributed by atoms with Crippen LogP contribution in [0.3, 0.4) is 0 Å². The summed E-state index contributed by atoms with van der Waals surface area (Å²) >= 11 is 0. The van der Waals surface area contributed by atoms with Crippen LogP contribution in [0.25, 0.3) is 0 Å². The molecule has 4 heteroatoms. The monoisotopic (exact) mass is 247 g/mol. The van der Waals surface area contributed by atoms with E-state index >= 15 is 0 Å². The highest BCUT2D eigenvalue weighted by atomic mass is 35.5. The smallest absolute Gasteiger partial charge is 0.303 e. The van der Waals surface area contributed by atoms with Crippen LogP contribution in [0.4, 0.5) is 0 Å². The molecule has 2 fully saturated rings. The predicted octanol–water partition coefficient (Wildman–Crippen LogP) is 2.25. The van der Waals surface area contributed by atoms with E-state index < -0.39 is 5.97 Å². The first-order valence-corrected chi connectivity index (χ1v) is 5.96. The van der Waals surface area contributed by atoms with Crippen LogP contribution in [-0.4, -0.2) is 35.6 Å². The van der Waals surface area contributed by atoms with Gasteiger partial charge < -0.3 is 10.0 Å². The van der Waals surface area contributed by atoms with E-state index in [1.54, 1.807) is 0 Å². The molecular weight excluding hydrogens is 226 g/mol. The highest BCUT2D eigenvalue weighted by Crippen LogP contribution is 2.61. The molecule has 16 heavy (non-hydrogen) atoms. The standard InChI is InChI=1S/C12H21NO2.ClH/c1-12(2)9-7-13(8-10(9)12)6-4-3-5-11(14)15;/h9-10H,3-8H2,1-2H3,(H,14,15);1H. The van der Waals surface area contributed by atoms with Crippen LogP contribution < -0.4 is 0 Å². The molecule has 1 N–H and O–H groups in total. The Balaban J connectivity index is 0.00000128. The zero-order valence-electron chi connectivity index (χ0n) is 10.1. The zero-order chi connectivity index (χ0) is 11.1. The van der Waals surface area contributed by atoms with Crippen molar-refractivity contribution in [1.29, 1.82) is 0 Å². The maximum absolute atomic E-state index is 10.3. The molecule has 0 aromatic rings. The molecule has 0 amide bonds. The van der Waals surface area contributed by atoms with Crippen molar-refractivity contribution in [2.75, 3.05) is 19.6 Å². The molecule has 2 unspecified atom stereocenters. The average molecular weight is 248 g/mol. The first-order chi connectivity index (χ1) is 7.01. The van der Waals surface area contributed by atoms with Gasteiger partial charge in [-0.1, -0.05) is 13.8 Å². The van der Waals surface area contributed by atoms with Crippen LogP contribution in [0.1, 0.15) is 33.1 Å². The zero-order valence-corrected chi connectivity index (χ0v) is 10.9. The van der Waals surface area contributed by atoms with Gasteiger partial charge in [-0.3, -0.25) is 4.79 Å². The Morgan fingerprint density at radius 3 is 2.38 bits per heavy atom. The van der Waals surface area contributed by atoms with Gasteiger partial charge in [0.05, 0.1) is 0 Å². The third-order valence-corrected chi connectivity index (χ3v) is 4.31. The minimum Gasteiger partial charge on any atom is -0.481 e. The molecular formula is C12H22ClNO2. The van der Waals surface area contributed by atoms with Crippen molar-refractivity contribution >= 4 is 18.4 Å². The summed E-state index contributed by atoms with van der Waals surface area (Å²) in [5.74, 6) is 1.16. The second-order valence-electron chi connectivity index (χ2n) is 5.64. The van der Waals surface area contributed by atoms with Crippen molar-refractivity contribution < 1.29 is 9.90 Å². The summed E-state index contributed by atoms with van der Waals surface area (Å²) in [6, 6.07) is 0. The van der Waals surface area contributed by atoms with Gasteiger partial charge in [0.1, 0.15) is 0 Å². The molecule has 1 aliphatic heterocycles. The molecule has 2 rings (SSSR count). The lowest BCUT2D eigenvalue weighted by Gasteiger charge is -2.21. The largest absolute Gasteiger partial charge is 0.481 e. The molecule has 0 aromatic heterocycles. The Bertz CT molecular complexity index is 254. The van der Waals surface area contributed by atoms with E-state index in [1.807, 2.05) is 0 Å². The summed E-state index contributed by atoms with van der Waals surface area (Å²) in [4.78, 5) is 12.8. The number of hydrogen-bond donors (Lipinski definition) is 1. The van der Waals surface area contributed by atoms with Gasteiger partial charge in [0.15, 0.2) is 0 Å². The van der Waals surface area contributed by atoms with E-state index in [9.17, 15) is 4.79 Å². The number of unbranched alkanes of at least 4 members (excludes halogenated alkanes) is 1. The molecule has 1 aliphatic carbocycles. The van der Waals surface area contributed by atoms with Gasteiger partial charge in [0.2, 0.25) is 0 Å². The van der Waals surface area contributed by atoms with Gasteiger partial charge in [-0.2, -0.15) is 0 Å². The molecule has 0 spiro atoms. The third-order valence-electron chi connectivity index (χ3n) is 4.31. The average Bonchev–Trinajstić information content (AvgIpc) is 2.56. The molecule has 2 atom stereocenters. The van der Waals surface area contributed by atoms with Gasteiger partial charge in [-0.05, 0) is 36.6 Å². The Hall–Kier alpha value is -0.280. The van der Waals surface area contributed by atoms with Gasteiger partial charge in [-0.15, -0.1) is 12.4 Å². The van der Waals surface area contributed by atoms with Gasteiger partial charge in [0, 0.05) is 19.5 Å². The number of fused-ring (bicyclic) bond motifs is 1. The van der Waals surface area contributed by atoms with Crippen LogP contribution in [0, 0.1) is 17.3 Å². The molecule has 3 nitrogen and oxygen atoms in total. The normalized spacial score (nSPS) is 30.6. The van der Waals surface area contributed by atoms with Crippen LogP contribution in [0.15, 0.2) is 0 Å². The fourth-order valence-electron chi connectivity index (χ4n) is 3.01. The molecule has 1 saturated heterocycles. The van der Waals surface area contributed by atoms with Crippen molar-refractivity contribution in [2.24, 2.45) is 17.3 Å². The second kappa shape index (κ2) is 4.92. The molecule has 0 radical (unpaired) electrons. The lowest BCUT2D eigenvalue weighted by Crippen LogP contribution is -2.27. The number of piperidine rings is 1. The van der Waals surface area contributed by atoms with E-state index in [0.29, 0.717) is 11.8 Å². The maximum Gasteiger partial charge on any atom is 0.303 e. The highest BCUT2D eigenvalue weighted by molar-refractivity contribution is 5.85. The first-order valence-electron chi connectivity index (χ1n) is 5.96. The van der Waals surface area contributed by atoms with Crippen molar-refractivity contribution in [1.82, 2.24) is 4.90 Å². The Morgan fingerprint density at radius 1 is 1.31 bits per heavy atom. The van der Waals surface area contributed by atoms with Crippen LogP contribution >= 0.6 is 12.4 Å². The molecule has 94 valence electrons. The number of aliphatic carboxylic acids is 1. The number of likely N-dealkylation sites (tertiary alicyclic amines) is 1. The van der Waals surface area contributed by atoms with E-state index in [-0.39, 0.29) is 12.4 Å². The van der Waals surface area contributed by atoms with Crippen LogP contribution in [0.2, 0.25) is 0 Å². The predicted molar refractivity (Wildman–Crippen MR) is 65.9 cm³/mol. The fourth-order valence-corrected chi connectivity index (χ4v) is 3.01. The molecule has 0 aromatic carbocycles. The molecule has 1 heterocycles. The van der Waals surface area contributed by atoms with E-state index in [4.69, 9.17) is 5.11 Å². The lowest BCUT2D eigenvalue weighted by atomic mass is 10.1. The Morgan fingerprint density at radius 2 is 1.88 bits per heavy atom. The number of nitrogens with zero attached hydrogens (tertiary/aromatic N) is 1. The summed E-state index contributed by atoms with van der Waals surface area (Å²) in [6.07, 6.45) is 2.18. The van der Waals surface area contributed by atoms with Crippen molar-refractivity contribution in [3.8, 4) is 0 Å². The number of halogens is 1. The van der Waals surface area contributed by atoms with Gasteiger partial charge in [0.25, 0.3) is 0 Å². The topological polar surface area (TPSA) is 40.5 Å². The third kappa shape index (κ3) is 2.69. The Labute approximate surface area is 104 Å². The maximum atomic E-state index is 10.3. The summed E-state index contributed by atoms with van der Waals surface area (Å²) in [5.41, 5.74) is 0.595. The quantitative estimate of drug-likeness (QED) is 0.758. The summed E-state index contributed by atoms with van der Waals surface area (Å²) in [6.45, 7) is 8.31.